The van der Waals surface area contributed by atoms with E-state index in [1.54, 1.807) is 0 Å². The van der Waals surface area contributed by atoms with E-state index < -0.39 is 0 Å². The first kappa shape index (κ1) is 15.9. The fraction of sp³-hybridized carbons (Fsp3) is 0.150. The number of carbonyl (C=O) groups is 1. The summed E-state index contributed by atoms with van der Waals surface area (Å²) in [7, 11) is 0. The number of hydrogen-bond donors (Lipinski definition) is 2. The summed E-state index contributed by atoms with van der Waals surface area (Å²) >= 11 is 0. The lowest BCUT2D eigenvalue weighted by Gasteiger charge is -2.10. The second-order valence-corrected chi connectivity index (χ2v) is 5.42. The van der Waals surface area contributed by atoms with Crippen molar-refractivity contribution in [3.63, 3.8) is 0 Å². The van der Waals surface area contributed by atoms with Gasteiger partial charge in [-0.25, -0.2) is 0 Å². The number of fused-ring (bicyclic) bond motifs is 1. The number of carbonyl (C=O) groups excluding carboxylic acids is 1. The van der Waals surface area contributed by atoms with Crippen molar-refractivity contribution in [1.29, 1.82) is 0 Å². The van der Waals surface area contributed by atoms with Crippen LogP contribution in [-0.4, -0.2) is 19.1 Å². The molecule has 0 bridgehead atoms. The Morgan fingerprint density at radius 2 is 1.75 bits per heavy atom. The van der Waals surface area contributed by atoms with Gasteiger partial charge in [-0.2, -0.15) is 0 Å². The molecule has 1 amide bonds. The van der Waals surface area contributed by atoms with Gasteiger partial charge in [-0.3, -0.25) is 4.79 Å². The molecule has 0 spiro atoms. The minimum Gasteiger partial charge on any atom is -0.494 e. The Kier molecular flexibility index (Phi) is 4.96. The average molecular weight is 320 g/mol. The van der Waals surface area contributed by atoms with Crippen molar-refractivity contribution in [2.24, 2.45) is 0 Å². The Balaban J connectivity index is 1.59. The zero-order chi connectivity index (χ0) is 16.8. The van der Waals surface area contributed by atoms with E-state index in [9.17, 15) is 4.79 Å². The van der Waals surface area contributed by atoms with E-state index in [2.05, 4.69) is 22.8 Å². The molecule has 0 aromatic heterocycles. The lowest BCUT2D eigenvalue weighted by atomic mass is 10.1. The molecule has 0 aliphatic carbocycles. The highest BCUT2D eigenvalue weighted by Crippen LogP contribution is 2.19. The third-order valence-corrected chi connectivity index (χ3v) is 3.63. The number of nitrogens with one attached hydrogen (secondary N) is 2. The lowest BCUT2D eigenvalue weighted by Crippen LogP contribution is -2.21. The van der Waals surface area contributed by atoms with Crippen LogP contribution in [0.4, 0.5) is 11.4 Å². The minimum atomic E-state index is -0.100. The molecule has 0 aliphatic heterocycles. The van der Waals surface area contributed by atoms with Gasteiger partial charge in [-0.1, -0.05) is 36.4 Å². The van der Waals surface area contributed by atoms with E-state index in [4.69, 9.17) is 4.74 Å². The summed E-state index contributed by atoms with van der Waals surface area (Å²) in [6.45, 7) is 2.73. The van der Waals surface area contributed by atoms with Gasteiger partial charge in [-0.15, -0.1) is 0 Å². The van der Waals surface area contributed by atoms with Crippen LogP contribution in [0.25, 0.3) is 10.8 Å². The first-order chi connectivity index (χ1) is 11.7. The summed E-state index contributed by atoms with van der Waals surface area (Å²) in [5, 5.41) is 8.35. The van der Waals surface area contributed by atoms with Crippen molar-refractivity contribution in [2.45, 2.75) is 6.92 Å². The van der Waals surface area contributed by atoms with Gasteiger partial charge < -0.3 is 15.4 Å². The largest absolute Gasteiger partial charge is 0.494 e. The van der Waals surface area contributed by atoms with Gasteiger partial charge in [0.1, 0.15) is 5.75 Å². The molecule has 0 radical (unpaired) electrons. The molecule has 0 heterocycles. The summed E-state index contributed by atoms with van der Waals surface area (Å²) in [5.41, 5.74) is 1.65. The van der Waals surface area contributed by atoms with Crippen molar-refractivity contribution in [2.75, 3.05) is 23.8 Å². The number of anilines is 2. The number of ether oxygens (including phenoxy) is 1. The molecule has 0 atom stereocenters. The van der Waals surface area contributed by atoms with Crippen LogP contribution < -0.4 is 15.4 Å². The maximum Gasteiger partial charge on any atom is 0.243 e. The Labute approximate surface area is 141 Å². The average Bonchev–Trinajstić information content (AvgIpc) is 2.60. The molecule has 4 heteroatoms. The molecule has 122 valence electrons. The normalized spacial score (nSPS) is 10.4. The summed E-state index contributed by atoms with van der Waals surface area (Å²) in [6.07, 6.45) is 0. The summed E-state index contributed by atoms with van der Waals surface area (Å²) in [6, 6.07) is 21.6. The standard InChI is InChI=1S/C20H20N2O2/c1-2-24-19-9-5-8-18(13-19)22-20(23)14-21-17-11-10-15-6-3-4-7-16(15)12-17/h3-13,21H,2,14H2,1H3,(H,22,23). The second-order valence-electron chi connectivity index (χ2n) is 5.42. The molecule has 3 rings (SSSR count). The molecule has 3 aromatic rings. The highest BCUT2D eigenvalue weighted by atomic mass is 16.5. The first-order valence-corrected chi connectivity index (χ1v) is 8.00. The van der Waals surface area contributed by atoms with E-state index >= 15 is 0 Å². The topological polar surface area (TPSA) is 50.4 Å². The molecule has 4 nitrogen and oxygen atoms in total. The molecule has 0 saturated heterocycles. The van der Waals surface area contributed by atoms with E-state index in [1.165, 1.54) is 5.39 Å². The zero-order valence-electron chi connectivity index (χ0n) is 13.6. The van der Waals surface area contributed by atoms with Crippen molar-refractivity contribution < 1.29 is 9.53 Å². The molecule has 2 N–H and O–H groups in total. The first-order valence-electron chi connectivity index (χ1n) is 8.00. The van der Waals surface area contributed by atoms with E-state index in [0.29, 0.717) is 6.61 Å². The molecule has 0 unspecified atom stereocenters. The van der Waals surface area contributed by atoms with Crippen molar-refractivity contribution >= 4 is 28.1 Å². The zero-order valence-corrected chi connectivity index (χ0v) is 13.6. The summed E-state index contributed by atoms with van der Waals surface area (Å²) < 4.78 is 5.43. The van der Waals surface area contributed by atoms with Gasteiger partial charge in [0.25, 0.3) is 0 Å². The van der Waals surface area contributed by atoms with Crippen LogP contribution in [-0.2, 0) is 4.79 Å². The highest BCUT2D eigenvalue weighted by molar-refractivity contribution is 5.94. The number of rotatable bonds is 6. The third-order valence-electron chi connectivity index (χ3n) is 3.63. The van der Waals surface area contributed by atoms with Gasteiger partial charge in [0.05, 0.1) is 13.2 Å². The van der Waals surface area contributed by atoms with E-state index in [1.807, 2.05) is 61.5 Å². The van der Waals surface area contributed by atoms with E-state index in [-0.39, 0.29) is 12.5 Å². The van der Waals surface area contributed by atoms with Crippen LogP contribution in [0, 0.1) is 0 Å². The maximum atomic E-state index is 12.1. The molecular formula is C20H20N2O2. The minimum absolute atomic E-state index is 0.100. The molecule has 3 aromatic carbocycles. The van der Waals surface area contributed by atoms with Crippen LogP contribution in [0.5, 0.6) is 5.75 Å². The number of amides is 1. The van der Waals surface area contributed by atoms with Gasteiger partial charge in [-0.05, 0) is 42.0 Å². The predicted octanol–water partition coefficient (Wildman–Crippen LogP) is 4.29. The maximum absolute atomic E-state index is 12.1. The lowest BCUT2D eigenvalue weighted by molar-refractivity contribution is -0.114. The van der Waals surface area contributed by atoms with Crippen LogP contribution in [0.15, 0.2) is 66.7 Å². The molecule has 0 saturated carbocycles. The fourth-order valence-electron chi connectivity index (χ4n) is 2.52. The predicted molar refractivity (Wildman–Crippen MR) is 98.7 cm³/mol. The van der Waals surface area contributed by atoms with Crippen LogP contribution in [0.2, 0.25) is 0 Å². The van der Waals surface area contributed by atoms with E-state index in [0.717, 1.165) is 22.5 Å². The fourth-order valence-corrected chi connectivity index (χ4v) is 2.52. The Hall–Kier alpha value is -3.01. The van der Waals surface area contributed by atoms with Crippen molar-refractivity contribution in [3.8, 4) is 5.75 Å². The molecule has 24 heavy (non-hydrogen) atoms. The summed E-state index contributed by atoms with van der Waals surface area (Å²) in [4.78, 5) is 12.1. The Bertz CT molecular complexity index is 846. The smallest absolute Gasteiger partial charge is 0.243 e. The SMILES string of the molecule is CCOc1cccc(NC(=O)CNc2ccc3ccccc3c2)c1. The van der Waals surface area contributed by atoms with Crippen LogP contribution >= 0.6 is 0 Å². The van der Waals surface area contributed by atoms with Crippen molar-refractivity contribution in [3.05, 3.63) is 66.7 Å². The third kappa shape index (κ3) is 4.04. The summed E-state index contributed by atoms with van der Waals surface area (Å²) in [5.74, 6) is 0.648. The van der Waals surface area contributed by atoms with Crippen molar-refractivity contribution in [1.82, 2.24) is 0 Å². The van der Waals surface area contributed by atoms with Gasteiger partial charge in [0.15, 0.2) is 0 Å². The van der Waals surface area contributed by atoms with Crippen LogP contribution in [0.3, 0.4) is 0 Å². The quantitative estimate of drug-likeness (QED) is 0.712. The monoisotopic (exact) mass is 320 g/mol. The van der Waals surface area contributed by atoms with Gasteiger partial charge in [0, 0.05) is 17.4 Å². The van der Waals surface area contributed by atoms with Crippen LogP contribution in [0.1, 0.15) is 6.92 Å². The number of hydrogen-bond acceptors (Lipinski definition) is 3. The molecule has 0 aliphatic rings. The Morgan fingerprint density at radius 1 is 0.917 bits per heavy atom. The second kappa shape index (κ2) is 7.51. The highest BCUT2D eigenvalue weighted by Gasteiger charge is 2.04. The Morgan fingerprint density at radius 3 is 2.58 bits per heavy atom. The van der Waals surface area contributed by atoms with Gasteiger partial charge in [0.2, 0.25) is 5.91 Å². The number of benzene rings is 3. The molecule has 0 fully saturated rings. The molecular weight excluding hydrogens is 300 g/mol. The van der Waals surface area contributed by atoms with Gasteiger partial charge >= 0.3 is 0 Å².